The number of ether oxygens (including phenoxy) is 1. The molecule has 0 heterocycles. The number of halogens is 1. The minimum absolute atomic E-state index is 0.0436. The SMILES string of the molecule is CC(=O)[C@H](CC(C)(C)F)N(C)C(=O)OC(C)(C)C. The normalized spacial score (nSPS) is 14.0. The molecule has 4 nitrogen and oxygen atoms in total. The van der Waals surface area contributed by atoms with Gasteiger partial charge in [-0.1, -0.05) is 0 Å². The van der Waals surface area contributed by atoms with Crippen LogP contribution in [0.1, 0.15) is 48.0 Å². The van der Waals surface area contributed by atoms with Gasteiger partial charge >= 0.3 is 6.09 Å². The summed E-state index contributed by atoms with van der Waals surface area (Å²) in [4.78, 5) is 24.5. The van der Waals surface area contributed by atoms with Gasteiger partial charge in [0.2, 0.25) is 0 Å². The van der Waals surface area contributed by atoms with Gasteiger partial charge in [-0.05, 0) is 41.5 Å². The van der Waals surface area contributed by atoms with E-state index in [0.29, 0.717) is 0 Å². The van der Waals surface area contributed by atoms with Crippen molar-refractivity contribution in [2.75, 3.05) is 7.05 Å². The zero-order chi connectivity index (χ0) is 14.7. The maximum atomic E-state index is 13.6. The second-order valence-electron chi connectivity index (χ2n) is 6.14. The van der Waals surface area contributed by atoms with Crippen molar-refractivity contribution in [3.63, 3.8) is 0 Å². The van der Waals surface area contributed by atoms with Crippen molar-refractivity contribution >= 4 is 11.9 Å². The molecule has 0 aromatic carbocycles. The van der Waals surface area contributed by atoms with Crippen molar-refractivity contribution in [1.29, 1.82) is 0 Å². The predicted octanol–water partition coefficient (Wildman–Crippen LogP) is 2.95. The first-order valence-corrected chi connectivity index (χ1v) is 5.98. The molecule has 0 fully saturated rings. The van der Waals surface area contributed by atoms with Crippen LogP contribution in [0.2, 0.25) is 0 Å². The molecule has 0 aliphatic rings. The highest BCUT2D eigenvalue weighted by Gasteiger charge is 2.32. The number of amides is 1. The van der Waals surface area contributed by atoms with E-state index in [4.69, 9.17) is 4.74 Å². The number of hydrogen-bond acceptors (Lipinski definition) is 3. The fraction of sp³-hybridized carbons (Fsp3) is 0.846. The predicted molar refractivity (Wildman–Crippen MR) is 68.3 cm³/mol. The third-order valence-electron chi connectivity index (χ3n) is 2.30. The van der Waals surface area contributed by atoms with E-state index in [1.807, 2.05) is 0 Å². The molecule has 0 radical (unpaired) electrons. The number of Topliss-reactive ketones (excluding diaryl/α,β-unsaturated/α-hetero) is 1. The Morgan fingerprint density at radius 3 is 1.94 bits per heavy atom. The summed E-state index contributed by atoms with van der Waals surface area (Å²) in [7, 11) is 1.45. The summed E-state index contributed by atoms with van der Waals surface area (Å²) in [5.41, 5.74) is -2.16. The first-order chi connectivity index (χ1) is 7.83. The Kier molecular flexibility index (Phi) is 5.32. The number of ketones is 1. The molecule has 0 bridgehead atoms. The quantitative estimate of drug-likeness (QED) is 0.781. The molecular formula is C13H24FNO3. The fourth-order valence-electron chi connectivity index (χ4n) is 1.47. The molecule has 0 aromatic heterocycles. The van der Waals surface area contributed by atoms with E-state index < -0.39 is 23.4 Å². The van der Waals surface area contributed by atoms with Gasteiger partial charge in [0.1, 0.15) is 11.3 Å². The topological polar surface area (TPSA) is 46.6 Å². The Balaban J connectivity index is 4.83. The van der Waals surface area contributed by atoms with Crippen LogP contribution in [0.5, 0.6) is 0 Å². The van der Waals surface area contributed by atoms with Crippen LogP contribution in [0.15, 0.2) is 0 Å². The molecule has 0 spiro atoms. The van der Waals surface area contributed by atoms with Gasteiger partial charge in [-0.3, -0.25) is 4.79 Å². The van der Waals surface area contributed by atoms with Crippen molar-refractivity contribution in [2.24, 2.45) is 0 Å². The van der Waals surface area contributed by atoms with Crippen molar-refractivity contribution < 1.29 is 18.7 Å². The Morgan fingerprint density at radius 2 is 1.67 bits per heavy atom. The summed E-state index contributed by atoms with van der Waals surface area (Å²) in [6.45, 7) is 9.32. The molecule has 0 saturated heterocycles. The number of likely N-dealkylation sites (N-methyl/N-ethyl adjacent to an activating group) is 1. The lowest BCUT2D eigenvalue weighted by Gasteiger charge is -2.31. The van der Waals surface area contributed by atoms with E-state index in [0.717, 1.165) is 4.90 Å². The van der Waals surface area contributed by atoms with E-state index in [2.05, 4.69) is 0 Å². The summed E-state index contributed by atoms with van der Waals surface area (Å²) in [6, 6.07) is -0.806. The number of rotatable bonds is 4. The van der Waals surface area contributed by atoms with Crippen LogP contribution in [0.4, 0.5) is 9.18 Å². The second kappa shape index (κ2) is 5.67. The smallest absolute Gasteiger partial charge is 0.410 e. The molecule has 0 aliphatic carbocycles. The summed E-state index contributed by atoms with van der Waals surface area (Å²) < 4.78 is 18.8. The maximum absolute atomic E-state index is 13.6. The number of nitrogens with zero attached hydrogens (tertiary/aromatic N) is 1. The molecule has 1 amide bonds. The highest BCUT2D eigenvalue weighted by atomic mass is 19.1. The van der Waals surface area contributed by atoms with Gasteiger partial charge in [0.15, 0.2) is 5.78 Å². The van der Waals surface area contributed by atoms with E-state index >= 15 is 0 Å². The van der Waals surface area contributed by atoms with E-state index in [1.54, 1.807) is 20.8 Å². The van der Waals surface area contributed by atoms with Crippen molar-refractivity contribution in [2.45, 2.75) is 65.3 Å². The monoisotopic (exact) mass is 261 g/mol. The second-order valence-corrected chi connectivity index (χ2v) is 6.14. The largest absolute Gasteiger partial charge is 0.444 e. The minimum atomic E-state index is -1.52. The zero-order valence-electron chi connectivity index (χ0n) is 12.3. The highest BCUT2D eigenvalue weighted by Crippen LogP contribution is 2.21. The number of alkyl halides is 1. The Bertz CT molecular complexity index is 315. The lowest BCUT2D eigenvalue weighted by molar-refractivity contribution is -0.123. The van der Waals surface area contributed by atoms with Crippen LogP contribution in [0.25, 0.3) is 0 Å². The third-order valence-corrected chi connectivity index (χ3v) is 2.30. The Morgan fingerprint density at radius 1 is 1.22 bits per heavy atom. The summed E-state index contributed by atoms with van der Waals surface area (Å²) in [6.07, 6.45) is -0.662. The van der Waals surface area contributed by atoms with Gasteiger partial charge in [-0.25, -0.2) is 9.18 Å². The van der Waals surface area contributed by atoms with Crippen LogP contribution in [0, 0.1) is 0 Å². The van der Waals surface area contributed by atoms with E-state index in [1.165, 1.54) is 27.8 Å². The van der Waals surface area contributed by atoms with Gasteiger partial charge in [0.25, 0.3) is 0 Å². The summed E-state index contributed by atoms with van der Waals surface area (Å²) in [5.74, 6) is -0.255. The standard InChI is InChI=1S/C13H24FNO3/c1-9(16)10(8-13(5,6)14)15(7)11(17)18-12(2,3)4/h10H,8H2,1-7H3/t10-/m0/s1. The van der Waals surface area contributed by atoms with Gasteiger partial charge < -0.3 is 9.64 Å². The van der Waals surface area contributed by atoms with Gasteiger partial charge in [-0.15, -0.1) is 0 Å². The van der Waals surface area contributed by atoms with Crippen LogP contribution in [0.3, 0.4) is 0 Å². The summed E-state index contributed by atoms with van der Waals surface area (Å²) >= 11 is 0. The zero-order valence-corrected chi connectivity index (χ0v) is 12.3. The molecule has 0 aromatic rings. The first-order valence-electron chi connectivity index (χ1n) is 5.98. The van der Waals surface area contributed by atoms with Crippen LogP contribution in [-0.4, -0.2) is 41.1 Å². The van der Waals surface area contributed by atoms with Crippen LogP contribution >= 0.6 is 0 Å². The van der Waals surface area contributed by atoms with E-state index in [9.17, 15) is 14.0 Å². The third kappa shape index (κ3) is 6.57. The molecule has 0 aliphatic heterocycles. The number of carbonyl (C=O) groups excluding carboxylic acids is 2. The maximum Gasteiger partial charge on any atom is 0.410 e. The molecule has 1 atom stereocenters. The molecule has 5 heteroatoms. The van der Waals surface area contributed by atoms with Crippen LogP contribution < -0.4 is 0 Å². The summed E-state index contributed by atoms with van der Waals surface area (Å²) in [5, 5.41) is 0. The van der Waals surface area contributed by atoms with Gasteiger partial charge in [-0.2, -0.15) is 0 Å². The molecule has 106 valence electrons. The van der Waals surface area contributed by atoms with Gasteiger partial charge in [0.05, 0.1) is 6.04 Å². The van der Waals surface area contributed by atoms with Crippen molar-refractivity contribution in [1.82, 2.24) is 4.90 Å². The number of carbonyl (C=O) groups is 2. The van der Waals surface area contributed by atoms with Crippen molar-refractivity contribution in [3.8, 4) is 0 Å². The van der Waals surface area contributed by atoms with E-state index in [-0.39, 0.29) is 12.2 Å². The van der Waals surface area contributed by atoms with Gasteiger partial charge in [0, 0.05) is 13.5 Å². The molecule has 0 N–H and O–H groups in total. The fourth-order valence-corrected chi connectivity index (χ4v) is 1.47. The molecule has 0 rings (SSSR count). The highest BCUT2D eigenvalue weighted by molar-refractivity contribution is 5.85. The minimum Gasteiger partial charge on any atom is -0.444 e. The number of hydrogen-bond donors (Lipinski definition) is 0. The van der Waals surface area contributed by atoms with Crippen LogP contribution in [-0.2, 0) is 9.53 Å². The lowest BCUT2D eigenvalue weighted by atomic mass is 9.97. The lowest BCUT2D eigenvalue weighted by Crippen LogP contribution is -2.46. The first kappa shape index (κ1) is 16.9. The average molecular weight is 261 g/mol. The molecule has 18 heavy (non-hydrogen) atoms. The Labute approximate surface area is 108 Å². The molecular weight excluding hydrogens is 237 g/mol. The molecule has 0 saturated carbocycles. The average Bonchev–Trinajstić information content (AvgIpc) is 2.08. The van der Waals surface area contributed by atoms with Crippen molar-refractivity contribution in [3.05, 3.63) is 0 Å². The Hall–Kier alpha value is -1.13. The molecule has 0 unspecified atom stereocenters.